The molecule has 20 heavy (non-hydrogen) atoms. The third-order valence-corrected chi connectivity index (χ3v) is 4.50. The Balaban J connectivity index is 1.79. The molecule has 0 atom stereocenters. The molecule has 0 unspecified atom stereocenters. The summed E-state index contributed by atoms with van der Waals surface area (Å²) in [6.45, 7) is 4.71. The number of aryl methyl sites for hydroxylation is 1. The third-order valence-electron chi connectivity index (χ3n) is 3.64. The number of nitrogens with zero attached hydrogens (tertiary/aromatic N) is 2. The van der Waals surface area contributed by atoms with Crippen molar-refractivity contribution in [2.75, 3.05) is 6.54 Å². The van der Waals surface area contributed by atoms with E-state index in [0.29, 0.717) is 6.54 Å². The predicted molar refractivity (Wildman–Crippen MR) is 81.0 cm³/mol. The smallest absolute Gasteiger partial charge is 0.255 e. The highest BCUT2D eigenvalue weighted by Gasteiger charge is 2.21. The maximum atomic E-state index is 12.2. The zero-order chi connectivity index (χ0) is 13.9. The van der Waals surface area contributed by atoms with Gasteiger partial charge in [0.2, 0.25) is 0 Å². The number of hydrogen-bond acceptors (Lipinski definition) is 4. The molecule has 1 aliphatic heterocycles. The Morgan fingerprint density at radius 1 is 1.50 bits per heavy atom. The lowest BCUT2D eigenvalue weighted by Gasteiger charge is -2.27. The molecule has 0 spiro atoms. The van der Waals surface area contributed by atoms with E-state index in [4.69, 9.17) is 0 Å². The molecular weight excluding hydrogens is 270 g/mol. The molecule has 2 aromatic rings. The average molecular weight is 289 g/mol. The molecule has 4 nitrogen and oxygen atoms in total. The van der Waals surface area contributed by atoms with E-state index < -0.39 is 0 Å². The van der Waals surface area contributed by atoms with Crippen LogP contribution in [0.4, 0.5) is 0 Å². The predicted octanol–water partition coefficient (Wildman–Crippen LogP) is 2.34. The fraction of sp³-hybridized carbons (Fsp3) is 0.467. The second-order valence-electron chi connectivity index (χ2n) is 5.23. The topological polar surface area (TPSA) is 49.0 Å². The summed E-state index contributed by atoms with van der Waals surface area (Å²) in [6.07, 6.45) is 2.73. The Labute approximate surface area is 122 Å². The van der Waals surface area contributed by atoms with Crippen LogP contribution in [0, 0.1) is 0 Å². The Morgan fingerprint density at radius 3 is 3.15 bits per heavy atom. The summed E-state index contributed by atoms with van der Waals surface area (Å²) >= 11 is 1.77. The van der Waals surface area contributed by atoms with Crippen LogP contribution in [0.3, 0.4) is 0 Å². The van der Waals surface area contributed by atoms with Gasteiger partial charge in [0, 0.05) is 37.4 Å². The van der Waals surface area contributed by atoms with Crippen molar-refractivity contribution in [2.45, 2.75) is 39.3 Å². The van der Waals surface area contributed by atoms with E-state index in [1.807, 2.05) is 0 Å². The molecule has 1 aliphatic rings. The Hall–Kier alpha value is -1.46. The lowest BCUT2D eigenvalue weighted by atomic mass is 10.1. The fourth-order valence-corrected chi connectivity index (χ4v) is 3.39. The minimum absolute atomic E-state index is 0.0503. The number of thiophene rings is 1. The summed E-state index contributed by atoms with van der Waals surface area (Å²) in [7, 11) is 0. The van der Waals surface area contributed by atoms with Crippen LogP contribution in [0.2, 0.25) is 0 Å². The van der Waals surface area contributed by atoms with Gasteiger partial charge in [-0.3, -0.25) is 9.69 Å². The monoisotopic (exact) mass is 289 g/mol. The van der Waals surface area contributed by atoms with E-state index in [9.17, 15) is 4.79 Å². The average Bonchev–Trinajstić information content (AvgIpc) is 2.93. The molecule has 0 fully saturated rings. The molecule has 0 radical (unpaired) electrons. The Kier molecular flexibility index (Phi) is 3.98. The van der Waals surface area contributed by atoms with Gasteiger partial charge in [0.1, 0.15) is 5.82 Å². The van der Waals surface area contributed by atoms with Gasteiger partial charge < -0.3 is 4.98 Å². The van der Waals surface area contributed by atoms with Crippen LogP contribution < -0.4 is 5.56 Å². The van der Waals surface area contributed by atoms with Gasteiger partial charge in [0.15, 0.2) is 0 Å². The van der Waals surface area contributed by atoms with Crippen LogP contribution in [0.25, 0.3) is 0 Å². The molecule has 0 bridgehead atoms. The highest BCUT2D eigenvalue weighted by molar-refractivity contribution is 7.09. The number of aromatic nitrogens is 2. The standard InChI is InChI=1S/C15H19N3OS/c1-2-4-14-16-13-6-7-18(9-11-5-3-8-20-11)10-12(13)15(19)17-14/h3,5,8H,2,4,6-7,9-10H2,1H3,(H,16,17,19). The lowest BCUT2D eigenvalue weighted by molar-refractivity contribution is 0.243. The first-order chi connectivity index (χ1) is 9.76. The van der Waals surface area contributed by atoms with Crippen LogP contribution in [-0.2, 0) is 25.9 Å². The van der Waals surface area contributed by atoms with Crippen molar-refractivity contribution in [3.8, 4) is 0 Å². The number of aromatic amines is 1. The second kappa shape index (κ2) is 5.89. The quantitative estimate of drug-likeness (QED) is 0.940. The molecule has 0 saturated carbocycles. The molecule has 0 aromatic carbocycles. The van der Waals surface area contributed by atoms with Crippen LogP contribution in [0.15, 0.2) is 22.3 Å². The van der Waals surface area contributed by atoms with E-state index in [2.05, 4.69) is 39.3 Å². The zero-order valence-electron chi connectivity index (χ0n) is 11.7. The summed E-state index contributed by atoms with van der Waals surface area (Å²) in [5.41, 5.74) is 1.90. The summed E-state index contributed by atoms with van der Waals surface area (Å²) in [6, 6.07) is 4.22. The van der Waals surface area contributed by atoms with Crippen LogP contribution in [0.5, 0.6) is 0 Å². The minimum atomic E-state index is 0.0503. The molecule has 0 aliphatic carbocycles. The first kappa shape index (κ1) is 13.5. The maximum Gasteiger partial charge on any atom is 0.255 e. The maximum absolute atomic E-state index is 12.2. The highest BCUT2D eigenvalue weighted by atomic mass is 32.1. The number of H-pyrrole nitrogens is 1. The van der Waals surface area contributed by atoms with Gasteiger partial charge in [-0.2, -0.15) is 0 Å². The summed E-state index contributed by atoms with van der Waals surface area (Å²) in [5.74, 6) is 0.836. The zero-order valence-corrected chi connectivity index (χ0v) is 12.5. The SMILES string of the molecule is CCCc1nc2c(c(=O)[nH]1)CN(Cc1cccs1)CC2. The molecule has 0 amide bonds. The van der Waals surface area contributed by atoms with E-state index in [-0.39, 0.29) is 5.56 Å². The number of nitrogens with one attached hydrogen (secondary N) is 1. The van der Waals surface area contributed by atoms with E-state index >= 15 is 0 Å². The Morgan fingerprint density at radius 2 is 2.40 bits per heavy atom. The molecule has 3 rings (SSSR count). The number of fused-ring (bicyclic) bond motifs is 1. The van der Waals surface area contributed by atoms with Crippen molar-refractivity contribution in [1.29, 1.82) is 0 Å². The van der Waals surface area contributed by atoms with E-state index in [0.717, 1.165) is 49.4 Å². The molecule has 2 aromatic heterocycles. The lowest BCUT2D eigenvalue weighted by Crippen LogP contribution is -2.35. The van der Waals surface area contributed by atoms with Crippen LogP contribution in [-0.4, -0.2) is 21.4 Å². The molecular formula is C15H19N3OS. The van der Waals surface area contributed by atoms with E-state index in [1.54, 1.807) is 11.3 Å². The third kappa shape index (κ3) is 2.83. The number of rotatable bonds is 4. The highest BCUT2D eigenvalue weighted by Crippen LogP contribution is 2.18. The van der Waals surface area contributed by atoms with Crippen LogP contribution in [0.1, 0.15) is 35.3 Å². The molecule has 106 valence electrons. The van der Waals surface area contributed by atoms with Gasteiger partial charge in [-0.15, -0.1) is 11.3 Å². The Bertz CT molecular complexity index is 633. The van der Waals surface area contributed by atoms with Gasteiger partial charge in [0.25, 0.3) is 5.56 Å². The van der Waals surface area contributed by atoms with Gasteiger partial charge in [-0.25, -0.2) is 4.98 Å². The van der Waals surface area contributed by atoms with Crippen molar-refractivity contribution in [1.82, 2.24) is 14.9 Å². The largest absolute Gasteiger partial charge is 0.310 e. The minimum Gasteiger partial charge on any atom is -0.310 e. The molecule has 0 saturated heterocycles. The summed E-state index contributed by atoms with van der Waals surface area (Å²) in [4.78, 5) is 23.4. The van der Waals surface area contributed by atoms with Gasteiger partial charge >= 0.3 is 0 Å². The van der Waals surface area contributed by atoms with Gasteiger partial charge in [-0.1, -0.05) is 13.0 Å². The number of hydrogen-bond donors (Lipinski definition) is 1. The van der Waals surface area contributed by atoms with Gasteiger partial charge in [0.05, 0.1) is 11.3 Å². The fourth-order valence-electron chi connectivity index (χ4n) is 2.65. The van der Waals surface area contributed by atoms with Crippen molar-refractivity contribution in [3.05, 3.63) is 49.8 Å². The van der Waals surface area contributed by atoms with Gasteiger partial charge in [-0.05, 0) is 17.9 Å². The van der Waals surface area contributed by atoms with Crippen molar-refractivity contribution in [3.63, 3.8) is 0 Å². The summed E-state index contributed by atoms with van der Waals surface area (Å²) in [5, 5.41) is 2.10. The van der Waals surface area contributed by atoms with Crippen molar-refractivity contribution >= 4 is 11.3 Å². The van der Waals surface area contributed by atoms with Crippen molar-refractivity contribution < 1.29 is 0 Å². The molecule has 1 N–H and O–H groups in total. The second-order valence-corrected chi connectivity index (χ2v) is 6.26. The van der Waals surface area contributed by atoms with Crippen molar-refractivity contribution in [2.24, 2.45) is 0 Å². The first-order valence-corrected chi connectivity index (χ1v) is 8.00. The summed E-state index contributed by atoms with van der Waals surface area (Å²) < 4.78 is 0. The molecule has 3 heterocycles. The van der Waals surface area contributed by atoms with E-state index in [1.165, 1.54) is 4.88 Å². The first-order valence-electron chi connectivity index (χ1n) is 7.12. The van der Waals surface area contributed by atoms with Crippen LogP contribution >= 0.6 is 11.3 Å². The normalized spacial score (nSPS) is 15.2. The molecule has 5 heteroatoms.